The maximum Gasteiger partial charge on any atom is 0.307 e. The van der Waals surface area contributed by atoms with Gasteiger partial charge in [-0.2, -0.15) is 0 Å². The van der Waals surface area contributed by atoms with Crippen LogP contribution in [0.25, 0.3) is 22.2 Å². The summed E-state index contributed by atoms with van der Waals surface area (Å²) >= 11 is 0. The summed E-state index contributed by atoms with van der Waals surface area (Å²) in [5.74, 6) is 0.949. The molecule has 0 spiro atoms. The van der Waals surface area contributed by atoms with Crippen molar-refractivity contribution in [2.24, 2.45) is 9.98 Å². The van der Waals surface area contributed by atoms with Crippen LogP contribution in [0.3, 0.4) is 0 Å². The van der Waals surface area contributed by atoms with Crippen molar-refractivity contribution < 1.29 is 9.90 Å². The monoisotopic (exact) mass is 387 g/mol. The van der Waals surface area contributed by atoms with Gasteiger partial charge in [0.1, 0.15) is 11.7 Å². The fourth-order valence-corrected chi connectivity index (χ4v) is 3.96. The van der Waals surface area contributed by atoms with Gasteiger partial charge in [0.2, 0.25) is 0 Å². The third kappa shape index (κ3) is 3.24. The summed E-state index contributed by atoms with van der Waals surface area (Å²) in [5, 5.41) is 16.9. The molecule has 29 heavy (non-hydrogen) atoms. The van der Waals surface area contributed by atoms with Crippen molar-refractivity contribution in [3.8, 4) is 11.3 Å². The first kappa shape index (κ1) is 17.5. The number of benzene rings is 2. The number of carboxylic acid groups (broad SMARTS) is 1. The maximum absolute atomic E-state index is 11.5. The van der Waals surface area contributed by atoms with Gasteiger partial charge in [-0.1, -0.05) is 36.4 Å². The van der Waals surface area contributed by atoms with E-state index in [1.54, 1.807) is 0 Å². The minimum Gasteiger partial charge on any atom is -0.481 e. The normalized spacial score (nSPS) is 15.7. The number of fused-ring (bicyclic) bond motifs is 1. The second-order valence-electron chi connectivity index (χ2n) is 7.20. The number of nitrogens with zero attached hydrogens (tertiary/aromatic N) is 2. The topological polar surface area (TPSA) is 102 Å². The largest absolute Gasteiger partial charge is 0.481 e. The van der Waals surface area contributed by atoms with Crippen molar-refractivity contribution in [3.63, 3.8) is 0 Å². The van der Waals surface area contributed by atoms with E-state index in [-0.39, 0.29) is 6.42 Å². The molecule has 0 saturated carbocycles. The number of amidine groups is 2. The van der Waals surface area contributed by atoms with Gasteiger partial charge in [0.05, 0.1) is 25.2 Å². The number of carboxylic acids is 1. The lowest BCUT2D eigenvalue weighted by molar-refractivity contribution is -0.136. The number of aromatic nitrogens is 1. The average Bonchev–Trinajstić information content (AvgIpc) is 3.49. The van der Waals surface area contributed by atoms with E-state index in [1.165, 1.54) is 0 Å². The van der Waals surface area contributed by atoms with Crippen LogP contribution < -0.4 is 10.6 Å². The number of H-pyrrole nitrogens is 1. The molecule has 7 heteroatoms. The van der Waals surface area contributed by atoms with Crippen LogP contribution in [0.1, 0.15) is 16.7 Å². The van der Waals surface area contributed by atoms with Gasteiger partial charge in [-0.25, -0.2) is 0 Å². The molecule has 2 aromatic carbocycles. The van der Waals surface area contributed by atoms with E-state index in [4.69, 9.17) is 0 Å². The molecule has 0 unspecified atom stereocenters. The van der Waals surface area contributed by atoms with Gasteiger partial charge in [-0.3, -0.25) is 14.8 Å². The first-order valence-corrected chi connectivity index (χ1v) is 9.73. The highest BCUT2D eigenvalue weighted by atomic mass is 16.4. The highest BCUT2D eigenvalue weighted by Gasteiger charge is 2.18. The molecular formula is C22H21N5O2. The van der Waals surface area contributed by atoms with Gasteiger partial charge >= 0.3 is 5.97 Å². The van der Waals surface area contributed by atoms with Gasteiger partial charge in [-0.15, -0.1) is 0 Å². The molecule has 0 aliphatic carbocycles. The van der Waals surface area contributed by atoms with Crippen molar-refractivity contribution in [3.05, 3.63) is 59.2 Å². The third-order valence-corrected chi connectivity index (χ3v) is 5.30. The SMILES string of the molecule is O=C(O)Cc1c(-c2ccc(C3=NCCN3)cc2)[nH]c2cc(C3=NCCN3)ccc12. The van der Waals surface area contributed by atoms with E-state index >= 15 is 0 Å². The Morgan fingerprint density at radius 3 is 2.14 bits per heavy atom. The molecule has 146 valence electrons. The van der Waals surface area contributed by atoms with Crippen LogP contribution in [0.15, 0.2) is 52.4 Å². The van der Waals surface area contributed by atoms with Crippen LogP contribution in [0.5, 0.6) is 0 Å². The van der Waals surface area contributed by atoms with Crippen LogP contribution in [0, 0.1) is 0 Å². The lowest BCUT2D eigenvalue weighted by Crippen LogP contribution is -2.19. The molecule has 0 fully saturated rings. The van der Waals surface area contributed by atoms with Crippen molar-refractivity contribution in [2.45, 2.75) is 6.42 Å². The van der Waals surface area contributed by atoms with Crippen LogP contribution in [-0.2, 0) is 11.2 Å². The summed E-state index contributed by atoms with van der Waals surface area (Å²) in [4.78, 5) is 23.9. The molecule has 2 aliphatic heterocycles. The first-order chi connectivity index (χ1) is 14.2. The number of nitrogens with one attached hydrogen (secondary N) is 3. The van der Waals surface area contributed by atoms with E-state index in [2.05, 4.69) is 25.6 Å². The summed E-state index contributed by atoms with van der Waals surface area (Å²) in [6.45, 7) is 3.29. The first-order valence-electron chi connectivity index (χ1n) is 9.73. The minimum absolute atomic E-state index is 0.0378. The number of rotatable bonds is 5. The lowest BCUT2D eigenvalue weighted by atomic mass is 10.0. The molecule has 3 aromatic rings. The summed E-state index contributed by atoms with van der Waals surface area (Å²) < 4.78 is 0. The maximum atomic E-state index is 11.5. The van der Waals surface area contributed by atoms with Crippen molar-refractivity contribution in [1.29, 1.82) is 0 Å². The van der Waals surface area contributed by atoms with Gasteiger partial charge in [0.25, 0.3) is 0 Å². The number of carbonyl (C=O) groups is 1. The lowest BCUT2D eigenvalue weighted by Gasteiger charge is -2.06. The summed E-state index contributed by atoms with van der Waals surface area (Å²) in [6, 6.07) is 14.1. The molecule has 0 amide bonds. The molecule has 0 saturated heterocycles. The highest BCUT2D eigenvalue weighted by molar-refractivity contribution is 6.04. The molecule has 0 bridgehead atoms. The minimum atomic E-state index is -0.848. The highest BCUT2D eigenvalue weighted by Crippen LogP contribution is 2.32. The summed E-state index contributed by atoms with van der Waals surface area (Å²) in [7, 11) is 0. The third-order valence-electron chi connectivity index (χ3n) is 5.30. The Morgan fingerprint density at radius 2 is 1.52 bits per heavy atom. The van der Waals surface area contributed by atoms with Gasteiger partial charge in [-0.05, 0) is 17.2 Å². The zero-order chi connectivity index (χ0) is 19.8. The number of aliphatic imine (C=N–C) groups is 2. The van der Waals surface area contributed by atoms with E-state index in [9.17, 15) is 9.90 Å². The Labute approximate surface area is 167 Å². The van der Waals surface area contributed by atoms with Crippen molar-refractivity contribution in [1.82, 2.24) is 15.6 Å². The smallest absolute Gasteiger partial charge is 0.307 e. The van der Waals surface area contributed by atoms with Crippen molar-refractivity contribution in [2.75, 3.05) is 26.2 Å². The van der Waals surface area contributed by atoms with Crippen molar-refractivity contribution >= 4 is 28.5 Å². The van der Waals surface area contributed by atoms with E-state index in [0.29, 0.717) is 0 Å². The molecule has 0 atom stereocenters. The quantitative estimate of drug-likeness (QED) is 0.539. The Bertz CT molecular complexity index is 1160. The van der Waals surface area contributed by atoms with Crippen LogP contribution in [0.2, 0.25) is 0 Å². The molecule has 4 N–H and O–H groups in total. The molecule has 3 heterocycles. The Kier molecular flexibility index (Phi) is 4.27. The van der Waals surface area contributed by atoms with Gasteiger partial charge in [0.15, 0.2) is 0 Å². The molecular weight excluding hydrogens is 366 g/mol. The fraction of sp³-hybridized carbons (Fsp3) is 0.227. The molecule has 0 radical (unpaired) electrons. The molecule has 7 nitrogen and oxygen atoms in total. The Hall–Kier alpha value is -3.61. The van der Waals surface area contributed by atoms with Crippen LogP contribution in [0.4, 0.5) is 0 Å². The van der Waals surface area contributed by atoms with E-state index in [0.717, 1.165) is 76.7 Å². The number of aliphatic carboxylic acids is 1. The summed E-state index contributed by atoms with van der Waals surface area (Å²) in [6.07, 6.45) is -0.0378. The van der Waals surface area contributed by atoms with Gasteiger partial charge in [0, 0.05) is 35.1 Å². The van der Waals surface area contributed by atoms with Gasteiger partial charge < -0.3 is 20.7 Å². The standard InChI is InChI=1S/C22H21N5O2/c28-19(29)12-17-16-6-5-15(22-25-9-10-26-22)11-18(16)27-20(17)13-1-3-14(4-2-13)21-23-7-8-24-21/h1-6,11,27H,7-10,12H2,(H,23,24)(H,25,26)(H,28,29). The Morgan fingerprint density at radius 1 is 0.897 bits per heavy atom. The zero-order valence-electron chi connectivity index (χ0n) is 15.8. The molecule has 2 aliphatic rings. The van der Waals surface area contributed by atoms with E-state index in [1.807, 2.05) is 42.5 Å². The van der Waals surface area contributed by atoms with Crippen LogP contribution >= 0.6 is 0 Å². The van der Waals surface area contributed by atoms with E-state index < -0.39 is 5.97 Å². The summed E-state index contributed by atoms with van der Waals surface area (Å²) in [5.41, 5.74) is 5.55. The Balaban J connectivity index is 1.58. The number of aromatic amines is 1. The second-order valence-corrected chi connectivity index (χ2v) is 7.20. The predicted octanol–water partition coefficient (Wildman–Crippen LogP) is 2.16. The average molecular weight is 387 g/mol. The molecule has 5 rings (SSSR count). The fourth-order valence-electron chi connectivity index (χ4n) is 3.96. The zero-order valence-corrected chi connectivity index (χ0v) is 15.8. The van der Waals surface area contributed by atoms with Crippen LogP contribution in [-0.4, -0.2) is 53.9 Å². The second kappa shape index (κ2) is 7.09. The predicted molar refractivity (Wildman–Crippen MR) is 114 cm³/mol. The number of hydrogen-bond acceptors (Lipinski definition) is 5. The number of hydrogen-bond donors (Lipinski definition) is 4. The molecule has 1 aromatic heterocycles.